The van der Waals surface area contributed by atoms with E-state index in [-0.39, 0.29) is 5.91 Å². The molecule has 0 aliphatic carbocycles. The molecule has 0 atom stereocenters. The van der Waals surface area contributed by atoms with Crippen molar-refractivity contribution < 1.29 is 9.53 Å². The number of rotatable bonds is 3. The topological polar surface area (TPSA) is 38.3 Å². The van der Waals surface area contributed by atoms with E-state index in [1.54, 1.807) is 0 Å². The number of hydrogen-bond acceptors (Lipinski definition) is 2. The first-order valence-electron chi connectivity index (χ1n) is 5.85. The lowest BCUT2D eigenvalue weighted by Gasteiger charge is -2.18. The fourth-order valence-corrected chi connectivity index (χ4v) is 1.89. The molecule has 2 rings (SSSR count). The molecule has 1 aliphatic rings. The van der Waals surface area contributed by atoms with Crippen LogP contribution in [0.2, 0.25) is 0 Å². The molecule has 1 aromatic rings. The predicted molar refractivity (Wildman–Crippen MR) is 63.8 cm³/mol. The van der Waals surface area contributed by atoms with Crippen molar-refractivity contribution in [3.05, 3.63) is 23.8 Å². The third-order valence-corrected chi connectivity index (χ3v) is 2.67. The molecule has 0 unspecified atom stereocenters. The zero-order valence-corrected chi connectivity index (χ0v) is 9.58. The number of fused-ring (bicyclic) bond motifs is 1. The van der Waals surface area contributed by atoms with Crippen LogP contribution in [0.4, 0.5) is 5.69 Å². The Kier molecular flexibility index (Phi) is 3.44. The molecule has 1 aromatic carbocycles. The van der Waals surface area contributed by atoms with Crippen LogP contribution in [0, 0.1) is 0 Å². The average molecular weight is 219 g/mol. The zero-order chi connectivity index (χ0) is 11.4. The third-order valence-electron chi connectivity index (χ3n) is 2.67. The summed E-state index contributed by atoms with van der Waals surface area (Å²) in [6.45, 7) is 2.80. The van der Waals surface area contributed by atoms with Crippen LogP contribution in [0.15, 0.2) is 18.2 Å². The van der Waals surface area contributed by atoms with Crippen LogP contribution in [0.1, 0.15) is 31.7 Å². The van der Waals surface area contributed by atoms with Crippen molar-refractivity contribution in [1.29, 1.82) is 0 Å². The summed E-state index contributed by atoms with van der Waals surface area (Å²) in [5.74, 6) is 1.04. The minimum atomic E-state index is 0.0826. The van der Waals surface area contributed by atoms with Gasteiger partial charge in [-0.3, -0.25) is 4.79 Å². The van der Waals surface area contributed by atoms with E-state index in [9.17, 15) is 4.79 Å². The predicted octanol–water partition coefficient (Wildman–Crippen LogP) is 2.75. The average Bonchev–Trinajstić information content (AvgIpc) is 2.29. The van der Waals surface area contributed by atoms with Gasteiger partial charge in [0.05, 0.1) is 6.61 Å². The molecule has 1 N–H and O–H groups in total. The van der Waals surface area contributed by atoms with Gasteiger partial charge in [-0.1, -0.05) is 6.92 Å². The SMILES string of the molecule is CCCC(=O)Nc1ccc2c(c1)CCCO2. The largest absolute Gasteiger partial charge is 0.493 e. The third kappa shape index (κ3) is 2.54. The van der Waals surface area contributed by atoms with Crippen LogP contribution < -0.4 is 10.1 Å². The van der Waals surface area contributed by atoms with Crippen LogP contribution in [0.5, 0.6) is 5.75 Å². The molecule has 0 saturated heterocycles. The summed E-state index contributed by atoms with van der Waals surface area (Å²) in [7, 11) is 0. The van der Waals surface area contributed by atoms with E-state index in [4.69, 9.17) is 4.74 Å². The number of ether oxygens (including phenoxy) is 1. The normalized spacial score (nSPS) is 13.8. The highest BCUT2D eigenvalue weighted by molar-refractivity contribution is 5.90. The summed E-state index contributed by atoms with van der Waals surface area (Å²) in [5.41, 5.74) is 2.07. The summed E-state index contributed by atoms with van der Waals surface area (Å²) in [6.07, 6.45) is 3.54. The number of anilines is 1. The van der Waals surface area contributed by atoms with Crippen LogP contribution >= 0.6 is 0 Å². The Hall–Kier alpha value is -1.51. The quantitative estimate of drug-likeness (QED) is 0.848. The van der Waals surface area contributed by atoms with Crippen molar-refractivity contribution in [2.75, 3.05) is 11.9 Å². The van der Waals surface area contributed by atoms with Crippen LogP contribution in [-0.2, 0) is 11.2 Å². The lowest BCUT2D eigenvalue weighted by Crippen LogP contribution is -2.12. The van der Waals surface area contributed by atoms with Gasteiger partial charge in [0.1, 0.15) is 5.75 Å². The second kappa shape index (κ2) is 5.01. The lowest BCUT2D eigenvalue weighted by molar-refractivity contribution is -0.116. The second-order valence-electron chi connectivity index (χ2n) is 4.07. The van der Waals surface area contributed by atoms with Crippen LogP contribution in [-0.4, -0.2) is 12.5 Å². The first-order chi connectivity index (χ1) is 7.79. The summed E-state index contributed by atoms with van der Waals surface area (Å²) >= 11 is 0. The molecule has 1 heterocycles. The maximum atomic E-state index is 11.4. The smallest absolute Gasteiger partial charge is 0.224 e. The molecule has 0 saturated carbocycles. The highest BCUT2D eigenvalue weighted by atomic mass is 16.5. The van der Waals surface area contributed by atoms with Gasteiger partial charge in [-0.05, 0) is 43.0 Å². The molecule has 0 bridgehead atoms. The monoisotopic (exact) mass is 219 g/mol. The van der Waals surface area contributed by atoms with E-state index in [0.717, 1.165) is 37.3 Å². The lowest BCUT2D eigenvalue weighted by atomic mass is 10.1. The molecular formula is C13H17NO2. The molecule has 86 valence electrons. The molecule has 0 radical (unpaired) electrons. The Labute approximate surface area is 95.8 Å². The van der Waals surface area contributed by atoms with Gasteiger partial charge in [0, 0.05) is 12.1 Å². The summed E-state index contributed by atoms with van der Waals surface area (Å²) in [4.78, 5) is 11.4. The Balaban J connectivity index is 2.08. The fourth-order valence-electron chi connectivity index (χ4n) is 1.89. The van der Waals surface area contributed by atoms with E-state index in [1.165, 1.54) is 5.56 Å². The van der Waals surface area contributed by atoms with E-state index < -0.39 is 0 Å². The Morgan fingerprint density at radius 1 is 1.50 bits per heavy atom. The Morgan fingerprint density at radius 2 is 2.38 bits per heavy atom. The van der Waals surface area contributed by atoms with Gasteiger partial charge < -0.3 is 10.1 Å². The fraction of sp³-hybridized carbons (Fsp3) is 0.462. The molecule has 0 spiro atoms. The molecule has 1 amide bonds. The van der Waals surface area contributed by atoms with Crippen molar-refractivity contribution >= 4 is 11.6 Å². The Bertz CT molecular complexity index is 388. The molecule has 3 nitrogen and oxygen atoms in total. The van der Waals surface area contributed by atoms with Crippen molar-refractivity contribution in [3.63, 3.8) is 0 Å². The maximum absolute atomic E-state index is 11.4. The minimum absolute atomic E-state index is 0.0826. The van der Waals surface area contributed by atoms with Gasteiger partial charge in [0.25, 0.3) is 0 Å². The highest BCUT2D eigenvalue weighted by Gasteiger charge is 2.11. The van der Waals surface area contributed by atoms with Gasteiger partial charge in [-0.2, -0.15) is 0 Å². The number of hydrogen-bond donors (Lipinski definition) is 1. The van der Waals surface area contributed by atoms with Crippen molar-refractivity contribution in [2.24, 2.45) is 0 Å². The number of amides is 1. The number of carbonyl (C=O) groups is 1. The van der Waals surface area contributed by atoms with Gasteiger partial charge in [-0.25, -0.2) is 0 Å². The van der Waals surface area contributed by atoms with Crippen LogP contribution in [0.3, 0.4) is 0 Å². The first kappa shape index (κ1) is 11.0. The molecule has 0 fully saturated rings. The summed E-state index contributed by atoms with van der Waals surface area (Å²) in [6, 6.07) is 5.86. The van der Waals surface area contributed by atoms with E-state index in [2.05, 4.69) is 5.32 Å². The van der Waals surface area contributed by atoms with Gasteiger partial charge in [-0.15, -0.1) is 0 Å². The summed E-state index contributed by atoms with van der Waals surface area (Å²) < 4.78 is 5.52. The standard InChI is InChI=1S/C13H17NO2/c1-2-4-13(15)14-11-6-7-12-10(9-11)5-3-8-16-12/h6-7,9H,2-5,8H2,1H3,(H,14,15). The van der Waals surface area contributed by atoms with Crippen molar-refractivity contribution in [3.8, 4) is 5.75 Å². The molecule has 0 aromatic heterocycles. The first-order valence-corrected chi connectivity index (χ1v) is 5.85. The molecule has 16 heavy (non-hydrogen) atoms. The van der Waals surface area contributed by atoms with E-state index >= 15 is 0 Å². The van der Waals surface area contributed by atoms with E-state index in [0.29, 0.717) is 6.42 Å². The van der Waals surface area contributed by atoms with Crippen molar-refractivity contribution in [2.45, 2.75) is 32.6 Å². The van der Waals surface area contributed by atoms with Gasteiger partial charge in [0.2, 0.25) is 5.91 Å². The maximum Gasteiger partial charge on any atom is 0.224 e. The number of benzene rings is 1. The molecule has 3 heteroatoms. The minimum Gasteiger partial charge on any atom is -0.493 e. The number of nitrogens with one attached hydrogen (secondary N) is 1. The van der Waals surface area contributed by atoms with Crippen LogP contribution in [0.25, 0.3) is 0 Å². The zero-order valence-electron chi connectivity index (χ0n) is 9.58. The summed E-state index contributed by atoms with van der Waals surface area (Å²) in [5, 5.41) is 2.90. The molecule has 1 aliphatic heterocycles. The number of aryl methyl sites for hydroxylation is 1. The highest BCUT2D eigenvalue weighted by Crippen LogP contribution is 2.27. The molecular weight excluding hydrogens is 202 g/mol. The Morgan fingerprint density at radius 3 is 3.19 bits per heavy atom. The van der Waals surface area contributed by atoms with Crippen molar-refractivity contribution in [1.82, 2.24) is 0 Å². The number of carbonyl (C=O) groups excluding carboxylic acids is 1. The van der Waals surface area contributed by atoms with Gasteiger partial charge in [0.15, 0.2) is 0 Å². The second-order valence-corrected chi connectivity index (χ2v) is 4.07. The van der Waals surface area contributed by atoms with E-state index in [1.807, 2.05) is 25.1 Å². The van der Waals surface area contributed by atoms with Gasteiger partial charge >= 0.3 is 0 Å².